The SMILES string of the molecule is CCC(C(=O)Nc1cc(Cl)cc(Cl)c1)C(=O)N[C@H]1C=C[C@@H](C(=O)OC)C1. The molecular weight excluding hydrogens is 379 g/mol. The number of benzene rings is 1. The van der Waals surface area contributed by atoms with Crippen molar-refractivity contribution in [3.05, 3.63) is 40.4 Å². The smallest absolute Gasteiger partial charge is 0.312 e. The van der Waals surface area contributed by atoms with Crippen LogP contribution >= 0.6 is 23.2 Å². The van der Waals surface area contributed by atoms with Gasteiger partial charge in [-0.25, -0.2) is 0 Å². The predicted octanol–water partition coefficient (Wildman–Crippen LogP) is 3.19. The first-order valence-corrected chi connectivity index (χ1v) is 8.93. The van der Waals surface area contributed by atoms with Crippen LogP contribution < -0.4 is 10.6 Å². The Morgan fingerprint density at radius 2 is 1.81 bits per heavy atom. The van der Waals surface area contributed by atoms with Crippen LogP contribution in [0.2, 0.25) is 10.0 Å². The number of methoxy groups -OCH3 is 1. The number of carbonyl (C=O) groups excluding carboxylic acids is 3. The van der Waals surface area contributed by atoms with E-state index in [4.69, 9.17) is 27.9 Å². The molecule has 0 radical (unpaired) electrons. The molecule has 2 rings (SSSR count). The topological polar surface area (TPSA) is 84.5 Å². The summed E-state index contributed by atoms with van der Waals surface area (Å²) in [6.45, 7) is 1.75. The second-order valence-electron chi connectivity index (χ2n) is 5.97. The fourth-order valence-corrected chi connectivity index (χ4v) is 3.29. The summed E-state index contributed by atoms with van der Waals surface area (Å²) >= 11 is 11.8. The van der Waals surface area contributed by atoms with E-state index in [9.17, 15) is 14.4 Å². The minimum Gasteiger partial charge on any atom is -0.469 e. The van der Waals surface area contributed by atoms with E-state index in [2.05, 4.69) is 10.6 Å². The Morgan fingerprint density at radius 3 is 2.38 bits per heavy atom. The molecule has 140 valence electrons. The maximum atomic E-state index is 12.5. The molecule has 0 aromatic heterocycles. The highest BCUT2D eigenvalue weighted by Crippen LogP contribution is 2.24. The molecule has 0 fully saturated rings. The summed E-state index contributed by atoms with van der Waals surface area (Å²) in [5, 5.41) is 6.21. The Labute approximate surface area is 161 Å². The van der Waals surface area contributed by atoms with Gasteiger partial charge in [0.15, 0.2) is 0 Å². The monoisotopic (exact) mass is 398 g/mol. The van der Waals surface area contributed by atoms with Crippen molar-refractivity contribution in [2.45, 2.75) is 25.8 Å². The van der Waals surface area contributed by atoms with Crippen molar-refractivity contribution in [1.29, 1.82) is 0 Å². The van der Waals surface area contributed by atoms with Crippen molar-refractivity contribution in [3.8, 4) is 0 Å². The molecule has 0 bridgehead atoms. The molecule has 3 atom stereocenters. The van der Waals surface area contributed by atoms with Gasteiger partial charge in [0.1, 0.15) is 5.92 Å². The van der Waals surface area contributed by atoms with E-state index in [1.807, 2.05) is 0 Å². The van der Waals surface area contributed by atoms with Crippen LogP contribution in [0, 0.1) is 11.8 Å². The molecule has 1 aliphatic carbocycles. The number of carbonyl (C=O) groups is 3. The lowest BCUT2D eigenvalue weighted by atomic mass is 10.0. The Morgan fingerprint density at radius 1 is 1.15 bits per heavy atom. The van der Waals surface area contributed by atoms with Gasteiger partial charge in [0, 0.05) is 21.8 Å². The summed E-state index contributed by atoms with van der Waals surface area (Å²) in [4.78, 5) is 36.4. The summed E-state index contributed by atoms with van der Waals surface area (Å²) < 4.78 is 4.69. The van der Waals surface area contributed by atoms with Crippen molar-refractivity contribution < 1.29 is 19.1 Å². The van der Waals surface area contributed by atoms with E-state index in [1.165, 1.54) is 7.11 Å². The fourth-order valence-electron chi connectivity index (χ4n) is 2.76. The Kier molecular flexibility index (Phi) is 7.06. The molecule has 8 heteroatoms. The molecule has 6 nitrogen and oxygen atoms in total. The Hall–Kier alpha value is -2.05. The minimum absolute atomic E-state index is 0.311. The minimum atomic E-state index is -0.877. The number of esters is 1. The molecular formula is C18H20Cl2N2O4. The van der Waals surface area contributed by atoms with Gasteiger partial charge < -0.3 is 15.4 Å². The van der Waals surface area contributed by atoms with Gasteiger partial charge in [0.2, 0.25) is 11.8 Å². The van der Waals surface area contributed by atoms with E-state index < -0.39 is 17.7 Å². The van der Waals surface area contributed by atoms with Gasteiger partial charge in [-0.15, -0.1) is 0 Å². The summed E-state index contributed by atoms with van der Waals surface area (Å²) in [5.74, 6) is -2.46. The van der Waals surface area contributed by atoms with Crippen LogP contribution in [0.3, 0.4) is 0 Å². The van der Waals surface area contributed by atoms with E-state index in [0.29, 0.717) is 28.6 Å². The van der Waals surface area contributed by atoms with Crippen LogP contribution in [0.4, 0.5) is 5.69 Å². The van der Waals surface area contributed by atoms with Gasteiger partial charge in [0.05, 0.1) is 13.0 Å². The lowest BCUT2D eigenvalue weighted by molar-refractivity contribution is -0.144. The van der Waals surface area contributed by atoms with Crippen molar-refractivity contribution in [3.63, 3.8) is 0 Å². The molecule has 1 unspecified atom stereocenters. The van der Waals surface area contributed by atoms with Crippen molar-refractivity contribution in [1.82, 2.24) is 5.32 Å². The summed E-state index contributed by atoms with van der Waals surface area (Å²) in [6.07, 6.45) is 4.18. The van der Waals surface area contributed by atoms with E-state index in [0.717, 1.165) is 0 Å². The average molecular weight is 399 g/mol. The van der Waals surface area contributed by atoms with E-state index in [-0.39, 0.29) is 17.9 Å². The number of halogens is 2. The summed E-state index contributed by atoms with van der Waals surface area (Å²) in [7, 11) is 1.32. The van der Waals surface area contributed by atoms with Gasteiger partial charge >= 0.3 is 5.97 Å². The molecule has 1 aromatic rings. The molecule has 0 aliphatic heterocycles. The maximum Gasteiger partial charge on any atom is 0.312 e. The quantitative estimate of drug-likeness (QED) is 0.437. The number of hydrogen-bond donors (Lipinski definition) is 2. The molecule has 0 heterocycles. The van der Waals surface area contributed by atoms with Gasteiger partial charge in [-0.3, -0.25) is 14.4 Å². The number of ether oxygens (including phenoxy) is 1. The highest BCUT2D eigenvalue weighted by Gasteiger charge is 2.30. The Balaban J connectivity index is 1.96. The summed E-state index contributed by atoms with van der Waals surface area (Å²) in [6, 6.07) is 4.34. The average Bonchev–Trinajstić information content (AvgIpc) is 3.02. The van der Waals surface area contributed by atoms with Crippen LogP contribution in [0.15, 0.2) is 30.4 Å². The molecule has 0 saturated heterocycles. The van der Waals surface area contributed by atoms with Gasteiger partial charge in [-0.1, -0.05) is 42.3 Å². The first-order chi connectivity index (χ1) is 12.3. The van der Waals surface area contributed by atoms with Gasteiger partial charge in [0.25, 0.3) is 0 Å². The molecule has 2 N–H and O–H groups in total. The zero-order chi connectivity index (χ0) is 19.3. The first-order valence-electron chi connectivity index (χ1n) is 8.17. The third-order valence-corrected chi connectivity index (χ3v) is 4.52. The maximum absolute atomic E-state index is 12.5. The second kappa shape index (κ2) is 9.05. The van der Waals surface area contributed by atoms with Crippen LogP contribution in [-0.4, -0.2) is 30.9 Å². The zero-order valence-corrected chi connectivity index (χ0v) is 15.9. The summed E-state index contributed by atoms with van der Waals surface area (Å²) in [5.41, 5.74) is 0.422. The number of anilines is 1. The fraction of sp³-hybridized carbons (Fsp3) is 0.389. The van der Waals surface area contributed by atoms with Crippen molar-refractivity contribution in [2.75, 3.05) is 12.4 Å². The van der Waals surface area contributed by atoms with E-state index >= 15 is 0 Å². The van der Waals surface area contributed by atoms with Crippen LogP contribution in [0.25, 0.3) is 0 Å². The standard InChI is InChI=1S/C18H20Cl2N2O4/c1-3-15(17(24)22-14-8-11(19)7-12(20)9-14)16(23)21-13-5-4-10(6-13)18(25)26-2/h4-5,7-10,13,15H,3,6H2,1-2H3,(H,21,23)(H,22,24)/t10-,13+,15?/m1/s1. The normalized spacial score (nSPS) is 19.7. The van der Waals surface area contributed by atoms with Gasteiger partial charge in [-0.2, -0.15) is 0 Å². The largest absolute Gasteiger partial charge is 0.469 e. The van der Waals surface area contributed by atoms with Crippen molar-refractivity contribution in [2.24, 2.45) is 11.8 Å². The first kappa shape index (κ1) is 20.3. The molecule has 2 amide bonds. The van der Waals surface area contributed by atoms with Crippen LogP contribution in [0.1, 0.15) is 19.8 Å². The third kappa shape index (κ3) is 5.22. The highest BCUT2D eigenvalue weighted by atomic mass is 35.5. The zero-order valence-electron chi connectivity index (χ0n) is 14.4. The third-order valence-electron chi connectivity index (χ3n) is 4.09. The lowest BCUT2D eigenvalue weighted by Crippen LogP contribution is -2.42. The number of amides is 2. The second-order valence-corrected chi connectivity index (χ2v) is 6.85. The van der Waals surface area contributed by atoms with Crippen LogP contribution in [0.5, 0.6) is 0 Å². The molecule has 26 heavy (non-hydrogen) atoms. The molecule has 0 saturated carbocycles. The highest BCUT2D eigenvalue weighted by molar-refractivity contribution is 6.35. The van der Waals surface area contributed by atoms with Gasteiger partial charge in [-0.05, 0) is 31.0 Å². The molecule has 1 aromatic carbocycles. The number of rotatable bonds is 6. The lowest BCUT2D eigenvalue weighted by Gasteiger charge is -2.18. The van der Waals surface area contributed by atoms with E-state index in [1.54, 1.807) is 37.3 Å². The van der Waals surface area contributed by atoms with Crippen LogP contribution in [-0.2, 0) is 19.1 Å². The Bertz CT molecular complexity index is 716. The van der Waals surface area contributed by atoms with Crippen molar-refractivity contribution >= 4 is 46.7 Å². The molecule has 0 spiro atoms. The molecule has 1 aliphatic rings. The number of hydrogen-bond acceptors (Lipinski definition) is 4. The predicted molar refractivity (Wildman–Crippen MR) is 100 cm³/mol. The number of nitrogens with one attached hydrogen (secondary N) is 2.